The molecule has 0 saturated carbocycles. The summed E-state index contributed by atoms with van der Waals surface area (Å²) in [7, 11) is 0. The fourth-order valence-corrected chi connectivity index (χ4v) is 2.31. The lowest BCUT2D eigenvalue weighted by atomic mass is 10.1. The number of hydrogen-bond acceptors (Lipinski definition) is 1. The van der Waals surface area contributed by atoms with E-state index >= 15 is 0 Å². The largest absolute Gasteiger partial charge is 0.322 e. The van der Waals surface area contributed by atoms with Gasteiger partial charge in [-0.05, 0) is 47.5 Å². The minimum atomic E-state index is -0.111. The van der Waals surface area contributed by atoms with Gasteiger partial charge in [-0.1, -0.05) is 54.1 Å². The van der Waals surface area contributed by atoms with Gasteiger partial charge in [0.25, 0.3) is 5.91 Å². The van der Waals surface area contributed by atoms with E-state index < -0.39 is 0 Å². The van der Waals surface area contributed by atoms with Gasteiger partial charge in [0.15, 0.2) is 0 Å². The molecular formula is C19H14ClNO. The normalized spacial score (nSPS) is 10.2. The first-order valence-corrected chi connectivity index (χ1v) is 7.32. The second-order valence-electron chi connectivity index (χ2n) is 4.90. The molecule has 0 atom stereocenters. The molecule has 0 aliphatic carbocycles. The van der Waals surface area contributed by atoms with Gasteiger partial charge in [0, 0.05) is 16.3 Å². The van der Waals surface area contributed by atoms with E-state index in [2.05, 4.69) is 5.32 Å². The lowest BCUT2D eigenvalue weighted by molar-refractivity contribution is 0.102. The fourth-order valence-electron chi connectivity index (χ4n) is 2.18. The van der Waals surface area contributed by atoms with Gasteiger partial charge in [-0.15, -0.1) is 0 Å². The molecule has 3 aromatic carbocycles. The molecular weight excluding hydrogens is 294 g/mol. The SMILES string of the molecule is O=C(Nc1ccc(-c2ccc(Cl)cc2)cc1)c1ccccc1. The highest BCUT2D eigenvalue weighted by molar-refractivity contribution is 6.30. The predicted molar refractivity (Wildman–Crippen MR) is 91.3 cm³/mol. The van der Waals surface area contributed by atoms with Gasteiger partial charge in [0.05, 0.1) is 0 Å². The average molecular weight is 308 g/mol. The summed E-state index contributed by atoms with van der Waals surface area (Å²) in [5.74, 6) is -0.111. The molecule has 0 fully saturated rings. The molecule has 0 aromatic heterocycles. The van der Waals surface area contributed by atoms with Crippen LogP contribution < -0.4 is 5.32 Å². The molecule has 3 aromatic rings. The molecule has 2 nitrogen and oxygen atoms in total. The molecule has 1 amide bonds. The van der Waals surface area contributed by atoms with Crippen LogP contribution in [0.15, 0.2) is 78.9 Å². The third-order valence-electron chi connectivity index (χ3n) is 3.36. The van der Waals surface area contributed by atoms with E-state index in [1.54, 1.807) is 12.1 Å². The van der Waals surface area contributed by atoms with Crippen molar-refractivity contribution in [3.63, 3.8) is 0 Å². The summed E-state index contributed by atoms with van der Waals surface area (Å²) in [5.41, 5.74) is 3.58. The summed E-state index contributed by atoms with van der Waals surface area (Å²) < 4.78 is 0. The van der Waals surface area contributed by atoms with Crippen molar-refractivity contribution in [3.05, 3.63) is 89.4 Å². The Kier molecular flexibility index (Phi) is 4.22. The van der Waals surface area contributed by atoms with E-state index in [1.807, 2.05) is 66.7 Å². The highest BCUT2D eigenvalue weighted by Crippen LogP contribution is 2.23. The van der Waals surface area contributed by atoms with Gasteiger partial charge < -0.3 is 5.32 Å². The van der Waals surface area contributed by atoms with Gasteiger partial charge in [0.1, 0.15) is 0 Å². The third kappa shape index (κ3) is 3.35. The molecule has 3 heteroatoms. The smallest absolute Gasteiger partial charge is 0.255 e. The van der Waals surface area contributed by atoms with E-state index in [0.29, 0.717) is 5.56 Å². The van der Waals surface area contributed by atoms with Crippen molar-refractivity contribution in [2.24, 2.45) is 0 Å². The van der Waals surface area contributed by atoms with Crippen LogP contribution in [0, 0.1) is 0 Å². The molecule has 0 aliphatic heterocycles. The van der Waals surface area contributed by atoms with Crippen LogP contribution in [0.1, 0.15) is 10.4 Å². The number of anilines is 1. The van der Waals surface area contributed by atoms with Crippen LogP contribution in [0.3, 0.4) is 0 Å². The van der Waals surface area contributed by atoms with Crippen molar-refractivity contribution in [3.8, 4) is 11.1 Å². The maximum atomic E-state index is 12.1. The van der Waals surface area contributed by atoms with Crippen molar-refractivity contribution in [1.82, 2.24) is 0 Å². The Morgan fingerprint density at radius 3 is 1.86 bits per heavy atom. The Balaban J connectivity index is 1.74. The number of amides is 1. The first-order valence-electron chi connectivity index (χ1n) is 6.95. The second kappa shape index (κ2) is 6.46. The Morgan fingerprint density at radius 2 is 1.27 bits per heavy atom. The maximum absolute atomic E-state index is 12.1. The van der Waals surface area contributed by atoms with Crippen LogP contribution in [-0.4, -0.2) is 5.91 Å². The van der Waals surface area contributed by atoms with E-state index in [0.717, 1.165) is 21.8 Å². The summed E-state index contributed by atoms with van der Waals surface area (Å²) in [4.78, 5) is 12.1. The van der Waals surface area contributed by atoms with Crippen LogP contribution in [-0.2, 0) is 0 Å². The number of hydrogen-bond donors (Lipinski definition) is 1. The summed E-state index contributed by atoms with van der Waals surface area (Å²) in [6.07, 6.45) is 0. The predicted octanol–water partition coefficient (Wildman–Crippen LogP) is 5.26. The van der Waals surface area contributed by atoms with E-state index in [4.69, 9.17) is 11.6 Å². The van der Waals surface area contributed by atoms with E-state index in [1.165, 1.54) is 0 Å². The highest BCUT2D eigenvalue weighted by atomic mass is 35.5. The molecule has 108 valence electrons. The highest BCUT2D eigenvalue weighted by Gasteiger charge is 2.05. The molecule has 0 saturated heterocycles. The summed E-state index contributed by atoms with van der Waals surface area (Å²) in [6.45, 7) is 0. The minimum absolute atomic E-state index is 0.111. The molecule has 0 bridgehead atoms. The molecule has 0 aliphatic rings. The van der Waals surface area contributed by atoms with Crippen molar-refractivity contribution in [1.29, 1.82) is 0 Å². The molecule has 3 rings (SSSR count). The van der Waals surface area contributed by atoms with Gasteiger partial charge in [-0.2, -0.15) is 0 Å². The van der Waals surface area contributed by atoms with Crippen LogP contribution >= 0.6 is 11.6 Å². The van der Waals surface area contributed by atoms with Crippen molar-refractivity contribution < 1.29 is 4.79 Å². The van der Waals surface area contributed by atoms with Gasteiger partial charge in [-0.25, -0.2) is 0 Å². The monoisotopic (exact) mass is 307 g/mol. The first-order chi connectivity index (χ1) is 10.7. The van der Waals surface area contributed by atoms with Crippen molar-refractivity contribution in [2.45, 2.75) is 0 Å². The van der Waals surface area contributed by atoms with Crippen molar-refractivity contribution >= 4 is 23.2 Å². The number of nitrogens with one attached hydrogen (secondary N) is 1. The van der Waals surface area contributed by atoms with Gasteiger partial charge in [-0.3, -0.25) is 4.79 Å². The summed E-state index contributed by atoms with van der Waals surface area (Å²) >= 11 is 5.89. The number of rotatable bonds is 3. The molecule has 0 unspecified atom stereocenters. The quantitative estimate of drug-likeness (QED) is 0.702. The Hall–Kier alpha value is -2.58. The molecule has 0 spiro atoms. The number of benzene rings is 3. The number of carbonyl (C=O) groups is 1. The Bertz CT molecular complexity index is 765. The molecule has 0 radical (unpaired) electrons. The Labute approximate surface area is 134 Å². The minimum Gasteiger partial charge on any atom is -0.322 e. The third-order valence-corrected chi connectivity index (χ3v) is 3.61. The molecule has 22 heavy (non-hydrogen) atoms. The molecule has 1 N–H and O–H groups in total. The zero-order valence-corrected chi connectivity index (χ0v) is 12.5. The lowest BCUT2D eigenvalue weighted by Gasteiger charge is -2.07. The van der Waals surface area contributed by atoms with Crippen LogP contribution in [0.25, 0.3) is 11.1 Å². The van der Waals surface area contributed by atoms with Crippen LogP contribution in [0.4, 0.5) is 5.69 Å². The van der Waals surface area contributed by atoms with Crippen molar-refractivity contribution in [2.75, 3.05) is 5.32 Å². The zero-order valence-electron chi connectivity index (χ0n) is 11.8. The summed E-state index contributed by atoms with van der Waals surface area (Å²) in [6, 6.07) is 24.6. The van der Waals surface area contributed by atoms with Gasteiger partial charge >= 0.3 is 0 Å². The van der Waals surface area contributed by atoms with Gasteiger partial charge in [0.2, 0.25) is 0 Å². The van der Waals surface area contributed by atoms with E-state index in [-0.39, 0.29) is 5.91 Å². The maximum Gasteiger partial charge on any atom is 0.255 e. The van der Waals surface area contributed by atoms with Crippen LogP contribution in [0.2, 0.25) is 5.02 Å². The van der Waals surface area contributed by atoms with E-state index in [9.17, 15) is 4.79 Å². The fraction of sp³-hybridized carbons (Fsp3) is 0. The number of carbonyl (C=O) groups excluding carboxylic acids is 1. The lowest BCUT2D eigenvalue weighted by Crippen LogP contribution is -2.11. The second-order valence-corrected chi connectivity index (χ2v) is 5.34. The average Bonchev–Trinajstić information content (AvgIpc) is 2.57. The summed E-state index contributed by atoms with van der Waals surface area (Å²) in [5, 5.41) is 3.60. The Morgan fingerprint density at radius 1 is 0.727 bits per heavy atom. The standard InChI is InChI=1S/C19H14ClNO/c20-17-10-6-14(7-11-17)15-8-12-18(13-9-15)21-19(22)16-4-2-1-3-5-16/h1-13H,(H,21,22). The van der Waals surface area contributed by atoms with Crippen LogP contribution in [0.5, 0.6) is 0 Å². The molecule has 0 heterocycles. The first kappa shape index (κ1) is 14.4. The zero-order chi connectivity index (χ0) is 15.4. The number of halogens is 1. The topological polar surface area (TPSA) is 29.1 Å².